The van der Waals surface area contributed by atoms with Crippen LogP contribution in [0.1, 0.15) is 24.0 Å². The number of benzene rings is 2. The van der Waals surface area contributed by atoms with E-state index in [4.69, 9.17) is 0 Å². The molecule has 0 aliphatic carbocycles. The van der Waals surface area contributed by atoms with Crippen LogP contribution < -0.4 is 4.90 Å². The van der Waals surface area contributed by atoms with Crippen molar-refractivity contribution in [3.05, 3.63) is 71.8 Å². The molecule has 0 saturated carbocycles. The van der Waals surface area contributed by atoms with Gasteiger partial charge in [0.15, 0.2) is 0 Å². The summed E-state index contributed by atoms with van der Waals surface area (Å²) in [4.78, 5) is 19.7. The molecule has 4 heteroatoms. The highest BCUT2D eigenvalue weighted by molar-refractivity contribution is 5.94. The van der Waals surface area contributed by atoms with E-state index in [9.17, 15) is 4.79 Å². The van der Waals surface area contributed by atoms with Crippen molar-refractivity contribution in [2.24, 2.45) is 0 Å². The van der Waals surface area contributed by atoms with Gasteiger partial charge in [-0.2, -0.15) is 0 Å². The Kier molecular flexibility index (Phi) is 6.75. The average molecular weight is 390 g/mol. The number of para-hydroxylation sites is 1. The zero-order valence-electron chi connectivity index (χ0n) is 17.2. The van der Waals surface area contributed by atoms with E-state index in [1.165, 1.54) is 11.1 Å². The van der Waals surface area contributed by atoms with E-state index < -0.39 is 0 Å². The van der Waals surface area contributed by atoms with Gasteiger partial charge in [-0.05, 0) is 30.0 Å². The normalized spacial score (nSPS) is 18.1. The minimum absolute atomic E-state index is 0.269. The van der Waals surface area contributed by atoms with Gasteiger partial charge in [0.05, 0.1) is 0 Å². The van der Waals surface area contributed by atoms with Crippen LogP contribution in [0.4, 0.5) is 5.69 Å². The number of hydrogen-bond donors (Lipinski definition) is 0. The second-order valence-corrected chi connectivity index (χ2v) is 7.98. The predicted octanol–water partition coefficient (Wildman–Crippen LogP) is 3.69. The van der Waals surface area contributed by atoms with Crippen LogP contribution in [0.15, 0.2) is 60.7 Å². The summed E-state index contributed by atoms with van der Waals surface area (Å²) in [5.41, 5.74) is 3.69. The lowest BCUT2D eigenvalue weighted by Gasteiger charge is -2.35. The van der Waals surface area contributed by atoms with Crippen molar-refractivity contribution < 1.29 is 4.79 Å². The van der Waals surface area contributed by atoms with Crippen molar-refractivity contribution in [1.82, 2.24) is 9.80 Å². The van der Waals surface area contributed by atoms with Gasteiger partial charge in [-0.1, -0.05) is 60.7 Å². The number of rotatable bonds is 6. The molecule has 1 amide bonds. The van der Waals surface area contributed by atoms with E-state index in [-0.39, 0.29) is 5.91 Å². The van der Waals surface area contributed by atoms with Gasteiger partial charge in [0.2, 0.25) is 5.91 Å². The molecule has 0 atom stereocenters. The number of piperazine rings is 1. The maximum atomic E-state index is 12.8. The quantitative estimate of drug-likeness (QED) is 0.754. The Morgan fingerprint density at radius 2 is 1.59 bits per heavy atom. The Hall–Kier alpha value is -2.43. The first-order valence-electron chi connectivity index (χ1n) is 10.8. The predicted molar refractivity (Wildman–Crippen MR) is 120 cm³/mol. The maximum Gasteiger partial charge on any atom is 0.228 e. The number of aryl methyl sites for hydroxylation is 1. The average Bonchev–Trinajstić information content (AvgIpc) is 2.78. The van der Waals surface area contributed by atoms with E-state index in [2.05, 4.69) is 64.4 Å². The maximum absolute atomic E-state index is 12.8. The molecule has 2 aliphatic rings. The van der Waals surface area contributed by atoms with Crippen LogP contribution in [0.5, 0.6) is 0 Å². The molecule has 2 aliphatic heterocycles. The number of amides is 1. The molecule has 0 unspecified atom stereocenters. The minimum Gasteiger partial charge on any atom is -0.312 e. The third kappa shape index (κ3) is 5.34. The van der Waals surface area contributed by atoms with Gasteiger partial charge in [0.1, 0.15) is 0 Å². The Bertz CT molecular complexity index is 825. The zero-order chi connectivity index (χ0) is 19.9. The molecule has 2 aromatic rings. The van der Waals surface area contributed by atoms with E-state index in [0.717, 1.165) is 64.3 Å². The van der Waals surface area contributed by atoms with Crippen LogP contribution in [-0.4, -0.2) is 61.5 Å². The number of hydrogen-bond acceptors (Lipinski definition) is 3. The summed E-state index contributed by atoms with van der Waals surface area (Å²) >= 11 is 0. The number of anilines is 1. The molecule has 0 radical (unpaired) electrons. The Balaban J connectivity index is 1.20. The summed E-state index contributed by atoms with van der Waals surface area (Å²) in [5, 5.41) is 0. The van der Waals surface area contributed by atoms with Crippen LogP contribution in [-0.2, 0) is 11.2 Å². The Labute approximate surface area is 174 Å². The van der Waals surface area contributed by atoms with Gasteiger partial charge >= 0.3 is 0 Å². The van der Waals surface area contributed by atoms with Crippen molar-refractivity contribution in [3.8, 4) is 0 Å². The van der Waals surface area contributed by atoms with E-state index in [1.54, 1.807) is 0 Å². The Morgan fingerprint density at radius 3 is 2.41 bits per heavy atom. The molecular weight excluding hydrogens is 358 g/mol. The van der Waals surface area contributed by atoms with Crippen LogP contribution in [0.25, 0.3) is 6.08 Å². The first-order valence-corrected chi connectivity index (χ1v) is 10.8. The molecule has 4 rings (SSSR count). The van der Waals surface area contributed by atoms with Crippen LogP contribution in [0, 0.1) is 0 Å². The van der Waals surface area contributed by atoms with Gasteiger partial charge in [-0.15, -0.1) is 0 Å². The third-order valence-electron chi connectivity index (χ3n) is 5.99. The largest absolute Gasteiger partial charge is 0.312 e. The van der Waals surface area contributed by atoms with E-state index in [1.807, 2.05) is 17.0 Å². The summed E-state index contributed by atoms with van der Waals surface area (Å²) < 4.78 is 0. The van der Waals surface area contributed by atoms with Crippen LogP contribution in [0.3, 0.4) is 0 Å². The van der Waals surface area contributed by atoms with E-state index >= 15 is 0 Å². The van der Waals surface area contributed by atoms with Gasteiger partial charge in [0, 0.05) is 57.9 Å². The van der Waals surface area contributed by atoms with E-state index in [0.29, 0.717) is 6.42 Å². The topological polar surface area (TPSA) is 26.8 Å². The molecule has 0 spiro atoms. The fraction of sp³-hybridized carbons (Fsp3) is 0.400. The summed E-state index contributed by atoms with van der Waals surface area (Å²) in [7, 11) is 0. The Morgan fingerprint density at radius 1 is 0.862 bits per heavy atom. The van der Waals surface area contributed by atoms with Crippen molar-refractivity contribution in [2.45, 2.75) is 19.3 Å². The van der Waals surface area contributed by atoms with Crippen molar-refractivity contribution in [1.29, 1.82) is 0 Å². The van der Waals surface area contributed by atoms with Crippen LogP contribution in [0.2, 0.25) is 0 Å². The highest BCUT2D eigenvalue weighted by Gasteiger charge is 2.23. The number of carbonyl (C=O) groups is 1. The van der Waals surface area contributed by atoms with Gasteiger partial charge < -0.3 is 9.80 Å². The molecule has 0 N–H and O–H groups in total. The lowest BCUT2D eigenvalue weighted by atomic mass is 10.0. The van der Waals surface area contributed by atoms with Gasteiger partial charge in [-0.25, -0.2) is 0 Å². The summed E-state index contributed by atoms with van der Waals surface area (Å²) in [6.07, 6.45) is 7.21. The molecule has 29 heavy (non-hydrogen) atoms. The molecule has 1 fully saturated rings. The molecule has 4 nitrogen and oxygen atoms in total. The highest BCUT2D eigenvalue weighted by atomic mass is 16.2. The first kappa shape index (κ1) is 19.9. The number of fused-ring (bicyclic) bond motifs is 1. The lowest BCUT2D eigenvalue weighted by Crippen LogP contribution is -2.47. The third-order valence-corrected chi connectivity index (χ3v) is 5.99. The highest BCUT2D eigenvalue weighted by Crippen LogP contribution is 2.27. The van der Waals surface area contributed by atoms with Gasteiger partial charge in [0.25, 0.3) is 0 Å². The molecule has 0 bridgehead atoms. The fourth-order valence-corrected chi connectivity index (χ4v) is 4.28. The van der Waals surface area contributed by atoms with Crippen molar-refractivity contribution >= 4 is 17.7 Å². The standard InChI is InChI=1S/C25H31N3O/c29-25(28-16-7-12-23-11-4-5-13-24(23)28)14-17-27-20-18-26(19-21-27)15-6-10-22-8-2-1-3-9-22/h1-6,8-11,13H,7,12,14-21H2/b10-6+. The molecule has 2 aromatic carbocycles. The molecule has 2 heterocycles. The molecule has 0 aromatic heterocycles. The second kappa shape index (κ2) is 9.86. The summed E-state index contributed by atoms with van der Waals surface area (Å²) in [6.45, 7) is 6.95. The van der Waals surface area contributed by atoms with Gasteiger partial charge in [-0.3, -0.25) is 9.69 Å². The monoisotopic (exact) mass is 389 g/mol. The molecule has 1 saturated heterocycles. The molecule has 152 valence electrons. The van der Waals surface area contributed by atoms with Crippen molar-refractivity contribution in [2.75, 3.05) is 50.7 Å². The first-order chi connectivity index (χ1) is 14.3. The number of nitrogens with zero attached hydrogens (tertiary/aromatic N) is 3. The van der Waals surface area contributed by atoms with Crippen LogP contribution >= 0.6 is 0 Å². The molecular formula is C25H31N3O. The summed E-state index contributed by atoms with van der Waals surface area (Å²) in [6, 6.07) is 18.8. The number of carbonyl (C=O) groups excluding carboxylic acids is 1. The van der Waals surface area contributed by atoms with Crippen molar-refractivity contribution in [3.63, 3.8) is 0 Å². The summed E-state index contributed by atoms with van der Waals surface area (Å²) in [5.74, 6) is 0.269. The minimum atomic E-state index is 0.269. The SMILES string of the molecule is O=C(CCN1CCN(C/C=C/c2ccccc2)CC1)N1CCCc2ccccc21. The second-order valence-electron chi connectivity index (χ2n) is 7.98. The lowest BCUT2D eigenvalue weighted by molar-refractivity contribution is -0.119. The zero-order valence-corrected chi connectivity index (χ0v) is 17.2. The smallest absolute Gasteiger partial charge is 0.228 e. The fourth-order valence-electron chi connectivity index (χ4n) is 4.28.